The van der Waals surface area contributed by atoms with Crippen molar-refractivity contribution >= 4 is 5.97 Å². The van der Waals surface area contributed by atoms with Crippen LogP contribution in [0.4, 0.5) is 13.2 Å². The number of aryl methyl sites for hydroxylation is 1. The Hall–Kier alpha value is -3.54. The number of hydrogen-bond acceptors (Lipinski definition) is 3. The largest absolute Gasteiger partial charge is 0.457 e. The van der Waals surface area contributed by atoms with Crippen molar-refractivity contribution in [3.63, 3.8) is 0 Å². The minimum Gasteiger partial charge on any atom is -0.457 e. The third kappa shape index (κ3) is 6.24. The van der Waals surface area contributed by atoms with E-state index in [4.69, 9.17) is 9.47 Å². The summed E-state index contributed by atoms with van der Waals surface area (Å²) >= 11 is 0. The highest BCUT2D eigenvalue weighted by Gasteiger charge is 2.25. The average Bonchev–Trinajstić information content (AvgIpc) is 2.92. The van der Waals surface area contributed by atoms with Crippen LogP contribution in [0.5, 0.6) is 5.75 Å². The van der Waals surface area contributed by atoms with Gasteiger partial charge in [-0.1, -0.05) is 56.3 Å². The van der Waals surface area contributed by atoms with Crippen LogP contribution in [0.25, 0.3) is 11.1 Å². The molecule has 0 heterocycles. The molecule has 4 rings (SSSR count). The van der Waals surface area contributed by atoms with E-state index in [0.717, 1.165) is 37.3 Å². The topological polar surface area (TPSA) is 35.5 Å². The standard InChI is InChI=1S/C31H31F3O3/c1-3-5-23-12-17-27(31(34)30(23)33)26-16-13-24(18-28(26)32)22-8-6-20(7-9-22)21-10-14-25(15-11-21)36-19-37-29(35)4-2/h4,10-18,20,22H,2-3,5-9,19H2,1H3. The number of carbonyl (C=O) groups excluding carboxylic acids is 1. The van der Waals surface area contributed by atoms with Crippen molar-refractivity contribution in [2.45, 2.75) is 57.3 Å². The maximum Gasteiger partial charge on any atom is 0.333 e. The molecular formula is C31H31F3O3. The summed E-state index contributed by atoms with van der Waals surface area (Å²) in [5.41, 5.74) is 2.45. The molecule has 0 aliphatic heterocycles. The second-order valence-electron chi connectivity index (χ2n) is 9.44. The highest BCUT2D eigenvalue weighted by Crippen LogP contribution is 2.41. The van der Waals surface area contributed by atoms with Crippen LogP contribution in [0, 0.1) is 17.5 Å². The number of rotatable bonds is 9. The van der Waals surface area contributed by atoms with E-state index < -0.39 is 23.4 Å². The van der Waals surface area contributed by atoms with E-state index in [1.54, 1.807) is 12.1 Å². The number of ether oxygens (including phenoxy) is 2. The van der Waals surface area contributed by atoms with Crippen molar-refractivity contribution in [2.75, 3.05) is 6.79 Å². The monoisotopic (exact) mass is 508 g/mol. The molecule has 0 unspecified atom stereocenters. The second-order valence-corrected chi connectivity index (χ2v) is 9.44. The number of benzene rings is 3. The number of esters is 1. The van der Waals surface area contributed by atoms with Crippen molar-refractivity contribution in [1.29, 1.82) is 0 Å². The lowest BCUT2D eigenvalue weighted by Gasteiger charge is -2.29. The Labute approximate surface area is 215 Å². The van der Waals surface area contributed by atoms with Gasteiger partial charge in [-0.3, -0.25) is 0 Å². The molecule has 0 saturated heterocycles. The van der Waals surface area contributed by atoms with Gasteiger partial charge in [0.15, 0.2) is 11.6 Å². The molecule has 0 spiro atoms. The van der Waals surface area contributed by atoms with Crippen molar-refractivity contribution < 1.29 is 27.4 Å². The molecule has 0 amide bonds. The zero-order chi connectivity index (χ0) is 26.4. The lowest BCUT2D eigenvalue weighted by Crippen LogP contribution is -2.12. The van der Waals surface area contributed by atoms with Gasteiger partial charge in [0.1, 0.15) is 11.6 Å². The van der Waals surface area contributed by atoms with Crippen molar-refractivity contribution in [3.05, 3.63) is 101 Å². The Morgan fingerprint density at radius 1 is 0.892 bits per heavy atom. The van der Waals surface area contributed by atoms with Crippen LogP contribution >= 0.6 is 0 Å². The Kier molecular flexibility index (Phi) is 8.70. The maximum absolute atomic E-state index is 15.1. The smallest absolute Gasteiger partial charge is 0.333 e. The molecule has 1 saturated carbocycles. The number of halogens is 3. The maximum atomic E-state index is 15.1. The summed E-state index contributed by atoms with van der Waals surface area (Å²) in [6, 6.07) is 15.6. The van der Waals surface area contributed by atoms with Gasteiger partial charge in [0.2, 0.25) is 6.79 Å². The average molecular weight is 509 g/mol. The molecule has 1 aliphatic rings. The third-order valence-electron chi connectivity index (χ3n) is 7.11. The van der Waals surface area contributed by atoms with Crippen LogP contribution < -0.4 is 4.74 Å². The van der Waals surface area contributed by atoms with Crippen LogP contribution in [0.1, 0.15) is 67.6 Å². The van der Waals surface area contributed by atoms with E-state index in [0.29, 0.717) is 30.1 Å². The van der Waals surface area contributed by atoms with Gasteiger partial charge in [-0.15, -0.1) is 0 Å². The molecule has 0 radical (unpaired) electrons. The zero-order valence-corrected chi connectivity index (χ0v) is 20.9. The molecule has 0 atom stereocenters. The fraction of sp³-hybridized carbons (Fsp3) is 0.323. The second kappa shape index (κ2) is 12.1. The molecular weight excluding hydrogens is 477 g/mol. The van der Waals surface area contributed by atoms with Gasteiger partial charge in [-0.25, -0.2) is 18.0 Å². The highest BCUT2D eigenvalue weighted by atomic mass is 19.2. The molecule has 3 nitrogen and oxygen atoms in total. The van der Waals surface area contributed by atoms with Gasteiger partial charge < -0.3 is 9.47 Å². The lowest BCUT2D eigenvalue weighted by atomic mass is 9.76. The Morgan fingerprint density at radius 2 is 1.51 bits per heavy atom. The van der Waals surface area contributed by atoms with Gasteiger partial charge in [0.25, 0.3) is 0 Å². The predicted octanol–water partition coefficient (Wildman–Crippen LogP) is 8.23. The van der Waals surface area contributed by atoms with Gasteiger partial charge in [0.05, 0.1) is 0 Å². The van der Waals surface area contributed by atoms with Crippen molar-refractivity contribution in [3.8, 4) is 16.9 Å². The molecule has 37 heavy (non-hydrogen) atoms. The first kappa shape index (κ1) is 26.5. The third-order valence-corrected chi connectivity index (χ3v) is 7.11. The molecule has 6 heteroatoms. The lowest BCUT2D eigenvalue weighted by molar-refractivity contribution is -0.144. The van der Waals surface area contributed by atoms with Crippen molar-refractivity contribution in [2.24, 2.45) is 0 Å². The minimum absolute atomic E-state index is 0.0450. The summed E-state index contributed by atoms with van der Waals surface area (Å²) in [5.74, 6) is -1.73. The molecule has 3 aromatic rings. The molecule has 194 valence electrons. The fourth-order valence-electron chi connectivity index (χ4n) is 5.07. The minimum atomic E-state index is -0.993. The summed E-state index contributed by atoms with van der Waals surface area (Å²) in [7, 11) is 0. The van der Waals surface area contributed by atoms with Crippen LogP contribution in [0.3, 0.4) is 0 Å². The first-order chi connectivity index (χ1) is 17.9. The SMILES string of the molecule is C=CC(=O)OCOc1ccc(C2CCC(c3ccc(-c4ccc(CCC)c(F)c4F)c(F)c3)CC2)cc1. The molecule has 0 N–H and O–H groups in total. The normalized spacial score (nSPS) is 17.3. The number of hydrogen-bond donors (Lipinski definition) is 0. The summed E-state index contributed by atoms with van der Waals surface area (Å²) in [6.07, 6.45) is 5.97. The van der Waals surface area contributed by atoms with E-state index in [9.17, 15) is 13.6 Å². The summed E-state index contributed by atoms with van der Waals surface area (Å²) in [6.45, 7) is 5.06. The number of carbonyl (C=O) groups is 1. The van der Waals surface area contributed by atoms with Gasteiger partial charge in [0, 0.05) is 17.2 Å². The fourth-order valence-corrected chi connectivity index (χ4v) is 5.07. The molecule has 0 bridgehead atoms. The Morgan fingerprint density at radius 3 is 2.14 bits per heavy atom. The molecule has 3 aromatic carbocycles. The van der Waals surface area contributed by atoms with Crippen LogP contribution in [0.15, 0.2) is 67.3 Å². The zero-order valence-electron chi connectivity index (χ0n) is 20.9. The van der Waals surface area contributed by atoms with E-state index in [1.165, 1.54) is 17.7 Å². The quantitative estimate of drug-likeness (QED) is 0.166. The first-order valence-corrected chi connectivity index (χ1v) is 12.7. The molecule has 0 aromatic heterocycles. The van der Waals surface area contributed by atoms with Gasteiger partial charge >= 0.3 is 5.97 Å². The van der Waals surface area contributed by atoms with Crippen LogP contribution in [-0.2, 0) is 16.0 Å². The first-order valence-electron chi connectivity index (χ1n) is 12.7. The van der Waals surface area contributed by atoms with E-state index in [2.05, 4.69) is 6.58 Å². The molecule has 1 fully saturated rings. The predicted molar refractivity (Wildman–Crippen MR) is 138 cm³/mol. The van der Waals surface area contributed by atoms with E-state index in [-0.39, 0.29) is 23.8 Å². The summed E-state index contributed by atoms with van der Waals surface area (Å²) < 4.78 is 54.4. The Balaban J connectivity index is 1.37. The van der Waals surface area contributed by atoms with Crippen LogP contribution in [-0.4, -0.2) is 12.8 Å². The Bertz CT molecular complexity index is 1250. The highest BCUT2D eigenvalue weighted by molar-refractivity contribution is 5.81. The van der Waals surface area contributed by atoms with Crippen LogP contribution in [0.2, 0.25) is 0 Å². The van der Waals surface area contributed by atoms with Gasteiger partial charge in [-0.05, 0) is 78.8 Å². The summed E-state index contributed by atoms with van der Waals surface area (Å²) in [5, 5.41) is 0. The van der Waals surface area contributed by atoms with Crippen molar-refractivity contribution in [1.82, 2.24) is 0 Å². The summed E-state index contributed by atoms with van der Waals surface area (Å²) in [4.78, 5) is 11.1. The van der Waals surface area contributed by atoms with E-state index in [1.807, 2.05) is 37.3 Å². The van der Waals surface area contributed by atoms with E-state index >= 15 is 4.39 Å². The van der Waals surface area contributed by atoms with Gasteiger partial charge in [-0.2, -0.15) is 0 Å². The molecule has 1 aliphatic carbocycles.